The standard InChI is InChI=1S/C66H103O11P/c1-4-7-10-13-16-19-22-25-28-30-31-33-35-37-40-43-46-49-52-55-64(68)73-59-63(77-66(70)57-54-51-48-45-42-39-36-32-29-26-23-20-17-14-11-8-5-2)61-75-78(71,72)74-60-62(58-67)76-65(69)56-53-50-47-44-41-38-34-27-24-21-18-15-12-9-6-3/h8-9,11-12,16-21,25-29,31,33-34,36,39,41,44-45,48,50,53,62-63,67H,4-7,10,13-15,22-24,30,32,35,37-38,40,42-43,46-47,49,51-52,54-61H2,1-3H3,(H,71,72)/b11-8-,12-9-,19-16-,20-17-,21-18-,28-25-,29-26-,33-31-,34-27-,39-36-,44-41-,48-45-,53-50-. The third-order valence-electron chi connectivity index (χ3n) is 11.4. The molecule has 438 valence electrons. The summed E-state index contributed by atoms with van der Waals surface area (Å²) >= 11 is 0. The predicted octanol–water partition coefficient (Wildman–Crippen LogP) is 17.7. The predicted molar refractivity (Wildman–Crippen MR) is 325 cm³/mol. The molecule has 0 aromatic carbocycles. The Morgan fingerprint density at radius 3 is 1.17 bits per heavy atom. The molecule has 0 amide bonds. The summed E-state index contributed by atoms with van der Waals surface area (Å²) in [5, 5.41) is 9.80. The molecule has 0 saturated heterocycles. The number of esters is 3. The molecule has 0 bridgehead atoms. The van der Waals surface area contributed by atoms with Gasteiger partial charge in [0.1, 0.15) is 12.7 Å². The van der Waals surface area contributed by atoms with Crippen LogP contribution in [0.1, 0.15) is 201 Å². The fraction of sp³-hybridized carbons (Fsp3) is 0.561. The number of aliphatic hydroxyl groups is 1. The van der Waals surface area contributed by atoms with Gasteiger partial charge in [-0.2, -0.15) is 0 Å². The maximum absolute atomic E-state index is 12.9. The van der Waals surface area contributed by atoms with Crippen molar-refractivity contribution in [3.8, 4) is 0 Å². The van der Waals surface area contributed by atoms with E-state index >= 15 is 0 Å². The van der Waals surface area contributed by atoms with Crippen molar-refractivity contribution in [1.82, 2.24) is 0 Å². The minimum atomic E-state index is -4.80. The Balaban J connectivity index is 4.93. The molecular formula is C66H103O11P. The lowest BCUT2D eigenvalue weighted by molar-refractivity contribution is -0.161. The van der Waals surface area contributed by atoms with E-state index in [1.807, 2.05) is 30.4 Å². The van der Waals surface area contributed by atoms with Crippen molar-refractivity contribution in [2.45, 2.75) is 213 Å². The van der Waals surface area contributed by atoms with Crippen molar-refractivity contribution in [2.75, 3.05) is 26.4 Å². The number of phosphoric acid groups is 1. The highest BCUT2D eigenvalue weighted by Crippen LogP contribution is 2.43. The van der Waals surface area contributed by atoms with Crippen LogP contribution in [0, 0.1) is 0 Å². The van der Waals surface area contributed by atoms with E-state index in [2.05, 4.69) is 142 Å². The Bertz CT molecular complexity index is 1910. The van der Waals surface area contributed by atoms with Gasteiger partial charge in [0.25, 0.3) is 0 Å². The van der Waals surface area contributed by atoms with Crippen molar-refractivity contribution in [3.63, 3.8) is 0 Å². The molecule has 0 spiro atoms. The molecule has 11 nitrogen and oxygen atoms in total. The molecule has 0 radical (unpaired) electrons. The number of hydrogen-bond donors (Lipinski definition) is 2. The fourth-order valence-corrected chi connectivity index (χ4v) is 7.84. The molecule has 0 heterocycles. The second-order valence-electron chi connectivity index (χ2n) is 18.7. The lowest BCUT2D eigenvalue weighted by Gasteiger charge is -2.21. The Labute approximate surface area is 473 Å². The molecule has 0 fully saturated rings. The van der Waals surface area contributed by atoms with Gasteiger partial charge < -0.3 is 24.2 Å². The van der Waals surface area contributed by atoms with Crippen LogP contribution in [-0.4, -0.2) is 66.5 Å². The lowest BCUT2D eigenvalue weighted by atomic mass is 10.1. The van der Waals surface area contributed by atoms with E-state index in [1.165, 1.54) is 25.7 Å². The Morgan fingerprint density at radius 2 is 0.731 bits per heavy atom. The third kappa shape index (κ3) is 55.8. The molecule has 0 rings (SSSR count). The molecule has 3 unspecified atom stereocenters. The topological polar surface area (TPSA) is 155 Å². The zero-order valence-electron chi connectivity index (χ0n) is 48.3. The largest absolute Gasteiger partial charge is 0.472 e. The van der Waals surface area contributed by atoms with Crippen LogP contribution < -0.4 is 0 Å². The number of ether oxygens (including phenoxy) is 3. The highest BCUT2D eigenvalue weighted by Gasteiger charge is 2.28. The molecule has 0 aliphatic rings. The second-order valence-corrected chi connectivity index (χ2v) is 20.2. The van der Waals surface area contributed by atoms with E-state index in [0.717, 1.165) is 109 Å². The van der Waals surface area contributed by atoms with E-state index in [-0.39, 0.29) is 25.9 Å². The maximum Gasteiger partial charge on any atom is 0.472 e. The second kappa shape index (κ2) is 58.3. The SMILES string of the molecule is CC/C=C\C/C=C\C/C=C\C/C=C\C/C=C\CCCC(=O)OC(COC(=O)CCCCCCCC/C=C\C/C=C\C/C=C\CCCCC)COP(=O)(O)OCC(CO)OC(=O)C/C=C\C/C=C\C/C=C\C/C=C\C/C=C\CC. The summed E-state index contributed by atoms with van der Waals surface area (Å²) in [5.41, 5.74) is 0. The van der Waals surface area contributed by atoms with Gasteiger partial charge in [-0.1, -0.05) is 217 Å². The summed E-state index contributed by atoms with van der Waals surface area (Å²) in [4.78, 5) is 48.5. The summed E-state index contributed by atoms with van der Waals surface area (Å²) in [5.74, 6) is -1.71. The Hall–Kier alpha value is -4.90. The first kappa shape index (κ1) is 73.1. The number of rotatable bonds is 52. The molecule has 12 heteroatoms. The molecule has 0 aliphatic heterocycles. The van der Waals surface area contributed by atoms with Gasteiger partial charge in [-0.25, -0.2) is 4.57 Å². The zero-order valence-corrected chi connectivity index (χ0v) is 49.2. The smallest absolute Gasteiger partial charge is 0.462 e. The van der Waals surface area contributed by atoms with Crippen LogP contribution in [0.2, 0.25) is 0 Å². The summed E-state index contributed by atoms with van der Waals surface area (Å²) in [6.07, 6.45) is 76.6. The maximum atomic E-state index is 12.9. The van der Waals surface area contributed by atoms with Gasteiger partial charge in [-0.05, 0) is 122 Å². The average molecular weight is 1100 g/mol. The first-order valence-corrected chi connectivity index (χ1v) is 30.9. The van der Waals surface area contributed by atoms with E-state index in [4.69, 9.17) is 23.3 Å². The van der Waals surface area contributed by atoms with E-state index < -0.39 is 57.8 Å². The molecule has 3 atom stereocenters. The highest BCUT2D eigenvalue weighted by molar-refractivity contribution is 7.47. The number of aliphatic hydroxyl groups excluding tert-OH is 1. The number of carbonyl (C=O) groups is 3. The van der Waals surface area contributed by atoms with Crippen LogP contribution in [0.4, 0.5) is 0 Å². The van der Waals surface area contributed by atoms with Gasteiger partial charge in [0.15, 0.2) is 6.10 Å². The van der Waals surface area contributed by atoms with Crippen LogP contribution >= 0.6 is 7.82 Å². The number of allylic oxidation sites excluding steroid dienone is 25. The monoisotopic (exact) mass is 1100 g/mol. The van der Waals surface area contributed by atoms with Crippen LogP contribution in [-0.2, 0) is 42.2 Å². The molecule has 78 heavy (non-hydrogen) atoms. The minimum absolute atomic E-state index is 0.0693. The van der Waals surface area contributed by atoms with Crippen molar-refractivity contribution >= 4 is 25.7 Å². The van der Waals surface area contributed by atoms with E-state index in [1.54, 1.807) is 6.08 Å². The van der Waals surface area contributed by atoms with E-state index in [0.29, 0.717) is 25.7 Å². The van der Waals surface area contributed by atoms with Gasteiger partial charge in [-0.3, -0.25) is 23.4 Å². The average Bonchev–Trinajstić information content (AvgIpc) is 3.43. The van der Waals surface area contributed by atoms with Gasteiger partial charge in [-0.15, -0.1) is 0 Å². The first-order valence-electron chi connectivity index (χ1n) is 29.4. The van der Waals surface area contributed by atoms with Gasteiger partial charge in [0.05, 0.1) is 26.2 Å². The number of carbonyl (C=O) groups excluding carboxylic acids is 3. The molecule has 0 aromatic heterocycles. The molecular weight excluding hydrogens is 1000 g/mol. The molecule has 0 saturated carbocycles. The zero-order chi connectivity index (χ0) is 56.9. The summed E-state index contributed by atoms with van der Waals surface area (Å²) in [6, 6.07) is 0. The number of unbranched alkanes of at least 4 members (excludes halogenated alkanes) is 10. The summed E-state index contributed by atoms with van der Waals surface area (Å²) in [7, 11) is -4.80. The number of phosphoric ester groups is 1. The Kier molecular flexibility index (Phi) is 54.6. The van der Waals surface area contributed by atoms with Crippen LogP contribution in [0.5, 0.6) is 0 Å². The lowest BCUT2D eigenvalue weighted by Crippen LogP contribution is -2.30. The van der Waals surface area contributed by atoms with Gasteiger partial charge >= 0.3 is 25.7 Å². The first-order chi connectivity index (χ1) is 38.2. The summed E-state index contributed by atoms with van der Waals surface area (Å²) < 4.78 is 39.3. The van der Waals surface area contributed by atoms with Crippen LogP contribution in [0.3, 0.4) is 0 Å². The van der Waals surface area contributed by atoms with Crippen LogP contribution in [0.25, 0.3) is 0 Å². The highest BCUT2D eigenvalue weighted by atomic mass is 31.2. The molecule has 0 aliphatic carbocycles. The summed E-state index contributed by atoms with van der Waals surface area (Å²) in [6.45, 7) is 4.17. The fourth-order valence-electron chi connectivity index (χ4n) is 7.06. The van der Waals surface area contributed by atoms with Crippen LogP contribution in [0.15, 0.2) is 158 Å². The number of hydrogen-bond acceptors (Lipinski definition) is 10. The quantitative estimate of drug-likeness (QED) is 0.0197. The van der Waals surface area contributed by atoms with Gasteiger partial charge in [0, 0.05) is 12.8 Å². The van der Waals surface area contributed by atoms with E-state index in [9.17, 15) is 28.9 Å². The Morgan fingerprint density at radius 1 is 0.385 bits per heavy atom. The third-order valence-corrected chi connectivity index (χ3v) is 12.4. The normalized spacial score (nSPS) is 14.5. The van der Waals surface area contributed by atoms with Crippen molar-refractivity contribution in [2.24, 2.45) is 0 Å². The molecule has 2 N–H and O–H groups in total. The van der Waals surface area contributed by atoms with Crippen molar-refractivity contribution in [1.29, 1.82) is 0 Å². The molecule has 0 aromatic rings. The van der Waals surface area contributed by atoms with Gasteiger partial charge in [0.2, 0.25) is 0 Å². The van der Waals surface area contributed by atoms with Crippen molar-refractivity contribution < 1.29 is 52.2 Å². The van der Waals surface area contributed by atoms with Crippen molar-refractivity contribution in [3.05, 3.63) is 158 Å². The minimum Gasteiger partial charge on any atom is -0.462 e.